The number of methoxy groups -OCH3 is 1. The maximum absolute atomic E-state index is 13.2. The molecule has 3 heterocycles. The molecule has 5 rings (SSSR count). The average molecular weight is 368 g/mol. The van der Waals surface area contributed by atoms with Gasteiger partial charge in [-0.2, -0.15) is 0 Å². The molecule has 27 heavy (non-hydrogen) atoms. The van der Waals surface area contributed by atoms with Crippen molar-refractivity contribution in [1.82, 2.24) is 4.90 Å². The number of allylic oxidation sites excluding steroid dienone is 1. The fraction of sp³-hybridized carbons (Fsp3) is 0.524. The zero-order valence-electron chi connectivity index (χ0n) is 15.6. The highest BCUT2D eigenvalue weighted by Crippen LogP contribution is 2.66. The zero-order chi connectivity index (χ0) is 18.8. The lowest BCUT2D eigenvalue weighted by Gasteiger charge is -2.59. The van der Waals surface area contributed by atoms with Crippen molar-refractivity contribution in [1.29, 1.82) is 0 Å². The van der Waals surface area contributed by atoms with Gasteiger partial charge in [-0.05, 0) is 37.3 Å². The Kier molecular flexibility index (Phi) is 3.47. The van der Waals surface area contributed by atoms with Crippen LogP contribution in [0.15, 0.2) is 35.9 Å². The highest BCUT2D eigenvalue weighted by atomic mass is 16.5. The lowest BCUT2D eigenvalue weighted by Crippen LogP contribution is -2.73. The van der Waals surface area contributed by atoms with Crippen LogP contribution in [0.4, 0.5) is 5.69 Å². The number of likely N-dealkylation sites (tertiary alicyclic amines) is 1. The van der Waals surface area contributed by atoms with Crippen LogP contribution in [-0.2, 0) is 24.5 Å². The van der Waals surface area contributed by atoms with Crippen LogP contribution in [-0.4, -0.2) is 49.3 Å². The summed E-state index contributed by atoms with van der Waals surface area (Å²) in [5.74, 6) is -0.477. The number of anilines is 1. The third kappa shape index (κ3) is 1.79. The van der Waals surface area contributed by atoms with Crippen LogP contribution in [0.1, 0.15) is 25.3 Å². The number of carbonyl (C=O) groups excluding carboxylic acids is 2. The van der Waals surface area contributed by atoms with Gasteiger partial charge in [-0.25, -0.2) is 0 Å². The fourth-order valence-electron chi connectivity index (χ4n) is 6.35. The summed E-state index contributed by atoms with van der Waals surface area (Å²) in [7, 11) is 1.46. The normalized spacial score (nSPS) is 40.0. The van der Waals surface area contributed by atoms with Crippen LogP contribution >= 0.6 is 0 Å². The predicted octanol–water partition coefficient (Wildman–Crippen LogP) is 2.06. The van der Waals surface area contributed by atoms with E-state index in [1.807, 2.05) is 30.0 Å². The molecule has 4 aliphatic rings. The van der Waals surface area contributed by atoms with Crippen LogP contribution < -0.4 is 5.32 Å². The molecule has 1 amide bonds. The van der Waals surface area contributed by atoms with E-state index in [1.54, 1.807) is 0 Å². The number of benzene rings is 1. The first-order chi connectivity index (χ1) is 13.1. The SMILES string of the molecule is CC=C1CN(C=O)[C@H]2C[C@@H]1[C@@H](C(=O)OC)[C@@]13CCOC21Nc1ccccc13. The van der Waals surface area contributed by atoms with E-state index in [0.29, 0.717) is 19.6 Å². The van der Waals surface area contributed by atoms with Crippen molar-refractivity contribution >= 4 is 18.1 Å². The summed E-state index contributed by atoms with van der Waals surface area (Å²) in [6.45, 7) is 3.07. The molecule has 142 valence electrons. The number of fused-ring (bicyclic) bond motifs is 3. The lowest BCUT2D eigenvalue weighted by atomic mass is 9.51. The zero-order valence-corrected chi connectivity index (χ0v) is 15.6. The number of carbonyl (C=O) groups is 2. The minimum Gasteiger partial charge on any atom is -0.469 e. The van der Waals surface area contributed by atoms with Crippen LogP contribution in [0.25, 0.3) is 0 Å². The highest BCUT2D eigenvalue weighted by molar-refractivity contribution is 5.81. The first kappa shape index (κ1) is 16.8. The fourth-order valence-corrected chi connectivity index (χ4v) is 6.35. The van der Waals surface area contributed by atoms with E-state index in [1.165, 1.54) is 7.11 Å². The predicted molar refractivity (Wildman–Crippen MR) is 99.0 cm³/mol. The van der Waals surface area contributed by atoms with Crippen molar-refractivity contribution < 1.29 is 19.1 Å². The van der Waals surface area contributed by atoms with Crippen molar-refractivity contribution in [3.63, 3.8) is 0 Å². The Bertz CT molecular complexity index is 852. The summed E-state index contributed by atoms with van der Waals surface area (Å²) >= 11 is 0. The Labute approximate surface area is 158 Å². The number of piperidine rings is 1. The van der Waals surface area contributed by atoms with E-state index in [2.05, 4.69) is 17.5 Å². The smallest absolute Gasteiger partial charge is 0.310 e. The molecule has 5 atom stereocenters. The average Bonchev–Trinajstić information content (AvgIpc) is 3.21. The standard InChI is InChI=1S/C21H24N2O4/c1-3-13-11-23(12-24)17-10-14(13)18(19(25)26-2)20-8-9-27-21(17,20)22-16-7-5-4-6-15(16)20/h3-7,12,14,17-18,22H,8-11H2,1-2H3/t14-,17-,18-,20-,21?/m0/s1. The Morgan fingerprint density at radius 1 is 1.41 bits per heavy atom. The van der Waals surface area contributed by atoms with Gasteiger partial charge in [-0.1, -0.05) is 29.8 Å². The van der Waals surface area contributed by atoms with Crippen LogP contribution in [0.2, 0.25) is 0 Å². The van der Waals surface area contributed by atoms with Gasteiger partial charge in [-0.3, -0.25) is 9.59 Å². The van der Waals surface area contributed by atoms with Crippen LogP contribution in [0.5, 0.6) is 0 Å². The second kappa shape index (κ2) is 5.58. The number of hydrogen-bond donors (Lipinski definition) is 1. The topological polar surface area (TPSA) is 67.9 Å². The molecule has 1 unspecified atom stereocenters. The van der Waals surface area contributed by atoms with Crippen molar-refractivity contribution in [2.24, 2.45) is 11.8 Å². The summed E-state index contributed by atoms with van der Waals surface area (Å²) < 4.78 is 11.7. The van der Waals surface area contributed by atoms with E-state index in [-0.39, 0.29) is 23.8 Å². The quantitative estimate of drug-likeness (QED) is 0.492. The molecular weight excluding hydrogens is 344 g/mol. The molecule has 3 fully saturated rings. The Morgan fingerprint density at radius 3 is 2.96 bits per heavy atom. The number of esters is 1. The van der Waals surface area contributed by atoms with Gasteiger partial charge in [0.05, 0.1) is 31.1 Å². The van der Waals surface area contributed by atoms with Crippen molar-refractivity contribution in [2.75, 3.05) is 25.6 Å². The van der Waals surface area contributed by atoms with Crippen molar-refractivity contribution in [2.45, 2.75) is 36.9 Å². The summed E-state index contributed by atoms with van der Waals surface area (Å²) in [6, 6.07) is 8.00. The van der Waals surface area contributed by atoms with Gasteiger partial charge in [0.2, 0.25) is 6.41 Å². The molecule has 1 aromatic carbocycles. The summed E-state index contributed by atoms with van der Waals surface area (Å²) in [5, 5.41) is 3.61. The number of nitrogens with one attached hydrogen (secondary N) is 1. The molecule has 0 spiro atoms. The van der Waals surface area contributed by atoms with Crippen LogP contribution in [0, 0.1) is 11.8 Å². The Hall–Kier alpha value is -2.34. The first-order valence-corrected chi connectivity index (χ1v) is 9.58. The number of ether oxygens (including phenoxy) is 2. The van der Waals surface area contributed by atoms with Crippen LogP contribution in [0.3, 0.4) is 0 Å². The summed E-state index contributed by atoms with van der Waals surface area (Å²) in [4.78, 5) is 27.0. The molecule has 3 aliphatic heterocycles. The van der Waals surface area contributed by atoms with E-state index < -0.39 is 11.1 Å². The number of nitrogens with zero attached hydrogens (tertiary/aromatic N) is 1. The van der Waals surface area contributed by atoms with Gasteiger partial charge >= 0.3 is 5.97 Å². The van der Waals surface area contributed by atoms with E-state index in [0.717, 1.165) is 29.7 Å². The van der Waals surface area contributed by atoms with Crippen molar-refractivity contribution in [3.8, 4) is 0 Å². The molecule has 1 N–H and O–H groups in total. The molecule has 2 saturated heterocycles. The minimum atomic E-state index is -0.785. The lowest BCUT2D eigenvalue weighted by molar-refractivity contribution is -0.172. The van der Waals surface area contributed by atoms with E-state index in [9.17, 15) is 9.59 Å². The number of hydrogen-bond acceptors (Lipinski definition) is 5. The van der Waals surface area contributed by atoms with Gasteiger partial charge in [-0.15, -0.1) is 0 Å². The maximum atomic E-state index is 13.2. The number of para-hydroxylation sites is 1. The molecule has 2 bridgehead atoms. The maximum Gasteiger partial charge on any atom is 0.310 e. The van der Waals surface area contributed by atoms with Gasteiger partial charge < -0.3 is 19.7 Å². The molecule has 0 radical (unpaired) electrons. The van der Waals surface area contributed by atoms with Gasteiger partial charge in [0, 0.05) is 12.2 Å². The van der Waals surface area contributed by atoms with Gasteiger partial charge in [0.15, 0.2) is 5.72 Å². The third-order valence-corrected chi connectivity index (χ3v) is 7.30. The number of rotatable bonds is 2. The van der Waals surface area contributed by atoms with E-state index >= 15 is 0 Å². The van der Waals surface area contributed by atoms with Crippen molar-refractivity contribution in [3.05, 3.63) is 41.5 Å². The summed E-state index contributed by atoms with van der Waals surface area (Å²) in [6.07, 6.45) is 4.41. The molecule has 1 saturated carbocycles. The van der Waals surface area contributed by atoms with Gasteiger partial charge in [0.1, 0.15) is 0 Å². The number of amides is 1. The molecule has 1 aliphatic carbocycles. The van der Waals surface area contributed by atoms with E-state index in [4.69, 9.17) is 9.47 Å². The molecular formula is C21H24N2O4. The molecule has 1 aromatic rings. The first-order valence-electron chi connectivity index (χ1n) is 9.58. The minimum absolute atomic E-state index is 0.0476. The second-order valence-corrected chi connectivity index (χ2v) is 7.98. The highest BCUT2D eigenvalue weighted by Gasteiger charge is 2.76. The molecule has 6 nitrogen and oxygen atoms in total. The summed E-state index contributed by atoms with van der Waals surface area (Å²) in [5.41, 5.74) is 1.90. The largest absolute Gasteiger partial charge is 0.469 e. The second-order valence-electron chi connectivity index (χ2n) is 7.98. The van der Waals surface area contributed by atoms with Gasteiger partial charge in [0.25, 0.3) is 0 Å². The Balaban J connectivity index is 1.80. The molecule has 0 aromatic heterocycles. The molecule has 6 heteroatoms. The monoisotopic (exact) mass is 368 g/mol. The third-order valence-electron chi connectivity index (χ3n) is 7.30. The Morgan fingerprint density at radius 2 is 2.22 bits per heavy atom.